The lowest BCUT2D eigenvalue weighted by atomic mass is 9.98. The van der Waals surface area contributed by atoms with E-state index < -0.39 is 0 Å². The number of halogens is 1. The molecule has 0 spiro atoms. The summed E-state index contributed by atoms with van der Waals surface area (Å²) in [4.78, 5) is 38.1. The zero-order chi connectivity index (χ0) is 64.9. The first-order valence-electron chi connectivity index (χ1n) is 35.7. The minimum absolute atomic E-state index is 0. The van der Waals surface area contributed by atoms with Gasteiger partial charge in [0.25, 0.3) is 5.95 Å². The van der Waals surface area contributed by atoms with Gasteiger partial charge in [0, 0.05) is 97.5 Å². The smallest absolute Gasteiger partial charge is 0.266 e. The van der Waals surface area contributed by atoms with Crippen LogP contribution in [0.4, 0.5) is 29.2 Å². The number of ether oxygens (including phenoxy) is 4. The minimum Gasteiger partial charge on any atom is -0.492 e. The van der Waals surface area contributed by atoms with Crippen LogP contribution in [-0.2, 0) is 0 Å². The normalized spacial score (nSPS) is 19.2. The third-order valence-electron chi connectivity index (χ3n) is 19.6. The predicted molar refractivity (Wildman–Crippen MR) is 390 cm³/mol. The molecule has 5 aromatic heterocycles. The van der Waals surface area contributed by atoms with Crippen LogP contribution >= 0.6 is 12.4 Å². The van der Waals surface area contributed by atoms with Crippen LogP contribution in [0.3, 0.4) is 0 Å². The molecule has 97 heavy (non-hydrogen) atoms. The zero-order valence-electron chi connectivity index (χ0n) is 56.8. The van der Waals surface area contributed by atoms with Gasteiger partial charge in [-0.2, -0.15) is 10.2 Å². The van der Waals surface area contributed by atoms with Crippen LogP contribution in [0, 0.1) is 35.1 Å². The lowest BCUT2D eigenvalue weighted by molar-refractivity contribution is 0.175. The van der Waals surface area contributed by atoms with E-state index in [0.717, 1.165) is 215 Å². The van der Waals surface area contributed by atoms with Crippen molar-refractivity contribution >= 4 is 47.6 Å². The van der Waals surface area contributed by atoms with Gasteiger partial charge in [0.1, 0.15) is 46.3 Å². The molecule has 0 atom stereocenters. The average Bonchev–Trinajstić information content (AvgIpc) is 1.65. The van der Waals surface area contributed by atoms with Crippen molar-refractivity contribution in [3.8, 4) is 29.2 Å². The fourth-order valence-corrected chi connectivity index (χ4v) is 13.5. The molecule has 0 unspecified atom stereocenters. The summed E-state index contributed by atoms with van der Waals surface area (Å²) in [6, 6.07) is 16.5. The van der Waals surface area contributed by atoms with Gasteiger partial charge in [-0.1, -0.05) is 33.9 Å². The number of anilines is 5. The topological polar surface area (TPSA) is 245 Å². The van der Waals surface area contributed by atoms with Crippen LogP contribution in [-0.4, -0.2) is 182 Å². The minimum atomic E-state index is 0. The number of hydrogen-bond donors (Lipinski definition) is 3. The maximum atomic E-state index is 8.85. The van der Waals surface area contributed by atoms with Crippen LogP contribution in [0.25, 0.3) is 0 Å². The Labute approximate surface area is 585 Å². The predicted octanol–water partition coefficient (Wildman–Crippen LogP) is 12.5. The summed E-state index contributed by atoms with van der Waals surface area (Å²) < 4.78 is 29.0. The summed E-state index contributed by atoms with van der Waals surface area (Å²) in [5, 5.41) is 28.1. The molecule has 5 aromatic rings. The molecule has 13 heterocycles. The number of oxime groups is 1. The number of pyridine rings is 4. The maximum absolute atomic E-state index is 8.85. The fourth-order valence-electron chi connectivity index (χ4n) is 13.5. The Morgan fingerprint density at radius 1 is 0.505 bits per heavy atom. The highest BCUT2D eigenvalue weighted by Crippen LogP contribution is 2.29. The first-order valence-corrected chi connectivity index (χ1v) is 35.7. The van der Waals surface area contributed by atoms with Crippen molar-refractivity contribution in [3.63, 3.8) is 0 Å². The van der Waals surface area contributed by atoms with Crippen LogP contribution in [0.1, 0.15) is 169 Å². The average molecular weight is 1360 g/mol. The van der Waals surface area contributed by atoms with Gasteiger partial charge in [-0.05, 0) is 219 Å². The van der Waals surface area contributed by atoms with Crippen molar-refractivity contribution in [2.75, 3.05) is 156 Å². The van der Waals surface area contributed by atoms with Crippen LogP contribution in [0.15, 0.2) is 83.0 Å². The maximum Gasteiger partial charge on any atom is 0.266 e. The van der Waals surface area contributed by atoms with Crippen molar-refractivity contribution in [2.24, 2.45) is 34.6 Å². The van der Waals surface area contributed by atoms with Gasteiger partial charge in [-0.3, -0.25) is 0 Å². The molecule has 0 radical (unpaired) electrons. The Balaban J connectivity index is 0.000000182. The number of nitrogens with zero attached hydrogens (tertiary/aromatic N) is 15. The van der Waals surface area contributed by atoms with Gasteiger partial charge in [0.05, 0.1) is 51.2 Å². The van der Waals surface area contributed by atoms with Crippen molar-refractivity contribution < 1.29 is 28.7 Å². The molecule has 536 valence electrons. The van der Waals surface area contributed by atoms with Gasteiger partial charge >= 0.3 is 0 Å². The Morgan fingerprint density at radius 2 is 0.835 bits per heavy atom. The van der Waals surface area contributed by atoms with Crippen LogP contribution in [0.2, 0.25) is 0 Å². The first-order chi connectivity index (χ1) is 46.2. The fraction of sp³-hybridized carbons (Fsp3) is 0.671. The third kappa shape index (κ3) is 24.8. The van der Waals surface area contributed by atoms with Crippen molar-refractivity contribution in [3.05, 3.63) is 79.2 Å². The molecule has 0 amide bonds. The lowest BCUT2D eigenvalue weighted by Crippen LogP contribution is -2.43. The second kappa shape index (κ2) is 41.7. The highest BCUT2D eigenvalue weighted by molar-refractivity contribution is 5.85. The number of nitrogens with one attached hydrogen (secondary N) is 1. The molecular formula is C73H116ClN17O6. The Morgan fingerprint density at radius 3 is 1.13 bits per heavy atom. The van der Waals surface area contributed by atoms with E-state index in [1.165, 1.54) is 89.9 Å². The van der Waals surface area contributed by atoms with E-state index >= 15 is 0 Å². The molecule has 8 aliphatic heterocycles. The standard InChI is InChI=1S/C21H31N5O2.C17H27N5O2.C17H24N4O.C16H25N3O.2CH4.ClH/c1-16(2)20-23-21(24-28-20)26-12-8-17(9-13-26)15-27-18-6-7-19(22-14-18)25-10-4-3-5-11-25;18-17(20-23)22-10-6-14(7-11-22)13-24-15-4-5-16(19-12-15)21-8-2-1-3-9-21;18-14-20-10-6-15(7-11-20)13-22-16-4-5-17(19-12-16)21-8-2-1-3-9-21;1-2-10-19(11-3-1)16-5-4-15(12-18-16)20-13-14-6-8-17-9-7-14;;;/h6-7,14,16-17H,3-5,8-13,15H2,1-2H3;4-5,12,14,23H,1-3,6-11,13H2,(H2,18,20);4-5,12,15H,1-3,6-11,13H2;4-5,12,14,17H,1-3,6-11,13H2;2*1H4;1H. The number of aromatic nitrogens is 6. The number of nitriles is 1. The van der Waals surface area contributed by atoms with Gasteiger partial charge in [0.15, 0.2) is 6.19 Å². The van der Waals surface area contributed by atoms with E-state index in [1.54, 1.807) is 0 Å². The van der Waals surface area contributed by atoms with Crippen LogP contribution < -0.4 is 54.5 Å². The molecule has 24 heteroatoms. The molecule has 8 saturated heterocycles. The summed E-state index contributed by atoms with van der Waals surface area (Å²) in [5.41, 5.74) is 5.62. The zero-order valence-corrected chi connectivity index (χ0v) is 57.6. The molecule has 8 fully saturated rings. The molecule has 13 rings (SSSR count). The molecule has 23 nitrogen and oxygen atoms in total. The molecule has 0 saturated carbocycles. The Kier molecular flexibility index (Phi) is 33.1. The second-order valence-corrected chi connectivity index (χ2v) is 27.0. The van der Waals surface area contributed by atoms with Crippen LogP contribution in [0.5, 0.6) is 23.0 Å². The van der Waals surface area contributed by atoms with Gasteiger partial charge in [-0.25, -0.2) is 19.9 Å². The summed E-state index contributed by atoms with van der Waals surface area (Å²) >= 11 is 0. The van der Waals surface area contributed by atoms with E-state index in [-0.39, 0.29) is 39.1 Å². The van der Waals surface area contributed by atoms with Gasteiger partial charge < -0.3 is 74.0 Å². The van der Waals surface area contributed by atoms with Gasteiger partial charge in [0.2, 0.25) is 11.9 Å². The summed E-state index contributed by atoms with van der Waals surface area (Å²) in [6.45, 7) is 23.5. The van der Waals surface area contributed by atoms with E-state index in [9.17, 15) is 0 Å². The SMILES string of the molecule is C.C.CC(C)c1nc(N2CCC(COc3ccc(N4CCCCC4)nc3)CC2)no1.Cl.N#CN1CCC(COc2ccc(N3CCCCC3)nc2)CC1.N/C(=N\O)N1CCC(COc2ccc(N3CCCCC3)nc2)CC1.c1cc(N2CCCCC2)ncc1OCC1CCNCC1. The second-order valence-electron chi connectivity index (χ2n) is 27.0. The Hall–Kier alpha value is -7.45. The summed E-state index contributed by atoms with van der Waals surface area (Å²) in [6.07, 6.45) is 33.8. The number of rotatable bonds is 18. The molecule has 0 aliphatic carbocycles. The van der Waals surface area contributed by atoms with E-state index in [4.69, 9.17) is 39.7 Å². The summed E-state index contributed by atoms with van der Waals surface area (Å²) in [7, 11) is 0. The monoisotopic (exact) mass is 1360 g/mol. The van der Waals surface area contributed by atoms with E-state index in [1.807, 2.05) is 46.7 Å². The molecule has 4 N–H and O–H groups in total. The molecular weight excluding hydrogens is 1250 g/mol. The number of hydrogen-bond acceptors (Lipinski definition) is 21. The van der Waals surface area contributed by atoms with E-state index in [0.29, 0.717) is 36.2 Å². The van der Waals surface area contributed by atoms with Crippen molar-refractivity contribution in [1.82, 2.24) is 45.2 Å². The lowest BCUT2D eigenvalue weighted by Gasteiger charge is -2.31. The summed E-state index contributed by atoms with van der Waals surface area (Å²) in [5.74, 6) is 11.9. The largest absolute Gasteiger partial charge is 0.492 e. The third-order valence-corrected chi connectivity index (χ3v) is 19.6. The number of guanidine groups is 1. The highest BCUT2D eigenvalue weighted by Gasteiger charge is 2.26. The Bertz CT molecular complexity index is 2960. The van der Waals surface area contributed by atoms with Gasteiger partial charge in [-0.15, -0.1) is 12.4 Å². The van der Waals surface area contributed by atoms with Crippen molar-refractivity contribution in [2.45, 2.75) is 163 Å². The quantitative estimate of drug-likeness (QED) is 0.0243. The number of piperidine rings is 8. The molecule has 8 aliphatic rings. The van der Waals surface area contributed by atoms with Crippen molar-refractivity contribution in [1.29, 1.82) is 5.26 Å². The number of likely N-dealkylation sites (tertiary alicyclic amines) is 2. The first kappa shape index (κ1) is 76.9. The number of nitrogens with two attached hydrogens (primary N) is 1. The molecule has 0 bridgehead atoms. The van der Waals surface area contributed by atoms with E-state index in [2.05, 4.69) is 121 Å². The highest BCUT2D eigenvalue weighted by atomic mass is 35.5. The molecule has 0 aromatic carbocycles.